The maximum absolute atomic E-state index is 12.9. The summed E-state index contributed by atoms with van der Waals surface area (Å²) in [6.45, 7) is 4.27. The molecule has 2 N–H and O–H groups in total. The first-order chi connectivity index (χ1) is 12.1. The third kappa shape index (κ3) is 3.93. The molecule has 1 saturated heterocycles. The number of carbonyl (C=O) groups is 2. The van der Waals surface area contributed by atoms with Gasteiger partial charge in [-0.25, -0.2) is 5.48 Å². The van der Waals surface area contributed by atoms with E-state index in [9.17, 15) is 9.59 Å². The summed E-state index contributed by atoms with van der Waals surface area (Å²) in [5.74, 6) is 0.164. The predicted molar refractivity (Wildman–Crippen MR) is 89.4 cm³/mol. The zero-order valence-electron chi connectivity index (χ0n) is 14.4. The molecule has 0 aliphatic carbocycles. The molecule has 0 saturated carbocycles. The van der Waals surface area contributed by atoms with Crippen LogP contribution in [0.4, 0.5) is 0 Å². The molecule has 0 spiro atoms. The van der Waals surface area contributed by atoms with Gasteiger partial charge < -0.3 is 14.4 Å². The highest BCUT2D eigenvalue weighted by atomic mass is 16.5. The quantitative estimate of drug-likeness (QED) is 0.642. The number of nitrogens with one attached hydrogen (secondary N) is 1. The van der Waals surface area contributed by atoms with E-state index in [1.54, 1.807) is 23.7 Å². The molecule has 1 aromatic rings. The maximum atomic E-state index is 12.9. The molecular weight excluding hydrogens is 324 g/mol. The standard InChI is InChI=1S/C18H24N2O5/c1-2-15-11-20(18(22)12-5-7-24-8-6-12)10-14-4-3-13(17(21)19-23)9-16(14)25-15/h3-4,9,12,15,23H,2,5-8,10-11H2,1H3,(H,19,21)/t15-/m0/s1. The molecule has 0 unspecified atom stereocenters. The van der Waals surface area contributed by atoms with E-state index in [1.807, 2.05) is 11.8 Å². The average Bonchev–Trinajstić information content (AvgIpc) is 2.85. The SMILES string of the molecule is CC[C@H]1CN(C(=O)C2CCOCC2)Cc2ccc(C(=O)NO)cc2O1. The molecule has 2 heterocycles. The van der Waals surface area contributed by atoms with Crippen molar-refractivity contribution in [1.29, 1.82) is 0 Å². The summed E-state index contributed by atoms with van der Waals surface area (Å²) in [4.78, 5) is 26.4. The summed E-state index contributed by atoms with van der Waals surface area (Å²) in [5, 5.41) is 8.80. The number of fused-ring (bicyclic) bond motifs is 1. The van der Waals surface area contributed by atoms with Gasteiger partial charge in [0, 0.05) is 36.8 Å². The number of amides is 2. The van der Waals surface area contributed by atoms with Crippen molar-refractivity contribution in [2.24, 2.45) is 5.92 Å². The van der Waals surface area contributed by atoms with Crippen LogP contribution < -0.4 is 10.2 Å². The first kappa shape index (κ1) is 17.7. The van der Waals surface area contributed by atoms with E-state index in [-0.39, 0.29) is 17.9 Å². The molecule has 3 rings (SSSR count). The Labute approximate surface area is 146 Å². The van der Waals surface area contributed by atoms with Gasteiger partial charge in [0.2, 0.25) is 5.91 Å². The fraction of sp³-hybridized carbons (Fsp3) is 0.556. The van der Waals surface area contributed by atoms with Gasteiger partial charge in [-0.15, -0.1) is 0 Å². The van der Waals surface area contributed by atoms with Crippen molar-refractivity contribution in [2.45, 2.75) is 38.8 Å². The van der Waals surface area contributed by atoms with Crippen LogP contribution in [0.3, 0.4) is 0 Å². The largest absolute Gasteiger partial charge is 0.488 e. The van der Waals surface area contributed by atoms with Crippen molar-refractivity contribution in [3.8, 4) is 5.75 Å². The van der Waals surface area contributed by atoms with Gasteiger partial charge in [0.05, 0.1) is 6.54 Å². The van der Waals surface area contributed by atoms with Crippen LogP contribution in [-0.2, 0) is 16.1 Å². The van der Waals surface area contributed by atoms with Crippen LogP contribution in [0, 0.1) is 5.92 Å². The Bertz CT molecular complexity index is 642. The molecule has 1 atom stereocenters. The summed E-state index contributed by atoms with van der Waals surface area (Å²) < 4.78 is 11.4. The molecule has 2 amide bonds. The summed E-state index contributed by atoms with van der Waals surface area (Å²) >= 11 is 0. The van der Waals surface area contributed by atoms with Gasteiger partial charge in [0.25, 0.3) is 5.91 Å². The molecule has 7 nitrogen and oxygen atoms in total. The van der Waals surface area contributed by atoms with E-state index in [1.165, 1.54) is 0 Å². The van der Waals surface area contributed by atoms with Crippen LogP contribution in [-0.4, -0.2) is 47.8 Å². The Hall–Kier alpha value is -2.12. The van der Waals surface area contributed by atoms with Crippen molar-refractivity contribution in [3.05, 3.63) is 29.3 Å². The second-order valence-corrected chi connectivity index (χ2v) is 6.52. The number of hydroxylamine groups is 1. The minimum Gasteiger partial charge on any atom is -0.488 e. The Balaban J connectivity index is 1.84. The lowest BCUT2D eigenvalue weighted by Crippen LogP contribution is -2.41. The summed E-state index contributed by atoms with van der Waals surface area (Å²) in [5.41, 5.74) is 2.81. The Morgan fingerprint density at radius 1 is 1.32 bits per heavy atom. The molecule has 1 aromatic carbocycles. The van der Waals surface area contributed by atoms with E-state index in [2.05, 4.69) is 0 Å². The topological polar surface area (TPSA) is 88.1 Å². The average molecular weight is 348 g/mol. The van der Waals surface area contributed by atoms with Crippen molar-refractivity contribution < 1.29 is 24.3 Å². The minimum absolute atomic E-state index is 0.00671. The predicted octanol–water partition coefficient (Wildman–Crippen LogP) is 1.73. The van der Waals surface area contributed by atoms with Gasteiger partial charge in [-0.2, -0.15) is 0 Å². The second-order valence-electron chi connectivity index (χ2n) is 6.52. The minimum atomic E-state index is -0.584. The third-order valence-corrected chi connectivity index (χ3v) is 4.85. The van der Waals surface area contributed by atoms with Crippen LogP contribution in [0.2, 0.25) is 0 Å². The van der Waals surface area contributed by atoms with Gasteiger partial charge in [-0.05, 0) is 31.4 Å². The Kier molecular flexibility index (Phi) is 5.55. The molecule has 2 aliphatic rings. The normalized spacial score (nSPS) is 21.0. The number of hydrogen-bond donors (Lipinski definition) is 2. The smallest absolute Gasteiger partial charge is 0.274 e. The van der Waals surface area contributed by atoms with Crippen LogP contribution in [0.15, 0.2) is 18.2 Å². The highest BCUT2D eigenvalue weighted by Crippen LogP contribution is 2.29. The molecule has 7 heteroatoms. The second kappa shape index (κ2) is 7.84. The number of benzene rings is 1. The number of nitrogens with zero attached hydrogens (tertiary/aromatic N) is 1. The van der Waals surface area contributed by atoms with Crippen LogP contribution in [0.5, 0.6) is 5.75 Å². The molecule has 0 aromatic heterocycles. The van der Waals surface area contributed by atoms with E-state index < -0.39 is 5.91 Å². The first-order valence-corrected chi connectivity index (χ1v) is 8.73. The lowest BCUT2D eigenvalue weighted by molar-refractivity contribution is -0.140. The number of ether oxygens (including phenoxy) is 2. The number of hydrogen-bond acceptors (Lipinski definition) is 5. The van der Waals surface area contributed by atoms with E-state index in [0.717, 1.165) is 24.8 Å². The molecule has 136 valence electrons. The monoisotopic (exact) mass is 348 g/mol. The maximum Gasteiger partial charge on any atom is 0.274 e. The molecule has 25 heavy (non-hydrogen) atoms. The zero-order valence-corrected chi connectivity index (χ0v) is 14.4. The number of carbonyl (C=O) groups excluding carboxylic acids is 2. The van der Waals surface area contributed by atoms with Gasteiger partial charge in [-0.3, -0.25) is 14.8 Å². The lowest BCUT2D eigenvalue weighted by atomic mass is 9.98. The number of rotatable bonds is 3. The van der Waals surface area contributed by atoms with Crippen molar-refractivity contribution in [3.63, 3.8) is 0 Å². The van der Waals surface area contributed by atoms with E-state index in [4.69, 9.17) is 14.7 Å². The highest BCUT2D eigenvalue weighted by molar-refractivity contribution is 5.93. The first-order valence-electron chi connectivity index (χ1n) is 8.73. The van der Waals surface area contributed by atoms with E-state index >= 15 is 0 Å². The van der Waals surface area contributed by atoms with Gasteiger partial charge in [0.15, 0.2) is 0 Å². The van der Waals surface area contributed by atoms with Gasteiger partial charge in [0.1, 0.15) is 11.9 Å². The van der Waals surface area contributed by atoms with Crippen molar-refractivity contribution >= 4 is 11.8 Å². The Morgan fingerprint density at radius 2 is 2.08 bits per heavy atom. The van der Waals surface area contributed by atoms with Crippen molar-refractivity contribution in [2.75, 3.05) is 19.8 Å². The molecule has 1 fully saturated rings. The lowest BCUT2D eigenvalue weighted by Gasteiger charge is -2.29. The Morgan fingerprint density at radius 3 is 2.76 bits per heavy atom. The fourth-order valence-corrected chi connectivity index (χ4v) is 3.32. The van der Waals surface area contributed by atoms with E-state index in [0.29, 0.717) is 37.6 Å². The van der Waals surface area contributed by atoms with Gasteiger partial charge in [-0.1, -0.05) is 13.0 Å². The highest BCUT2D eigenvalue weighted by Gasteiger charge is 2.31. The fourth-order valence-electron chi connectivity index (χ4n) is 3.32. The molecule has 0 bridgehead atoms. The van der Waals surface area contributed by atoms with Crippen molar-refractivity contribution in [1.82, 2.24) is 10.4 Å². The zero-order chi connectivity index (χ0) is 17.8. The summed E-state index contributed by atoms with van der Waals surface area (Å²) in [7, 11) is 0. The van der Waals surface area contributed by atoms with Crippen LogP contribution in [0.25, 0.3) is 0 Å². The van der Waals surface area contributed by atoms with Crippen LogP contribution >= 0.6 is 0 Å². The molecule has 2 aliphatic heterocycles. The summed E-state index contributed by atoms with van der Waals surface area (Å²) in [6.07, 6.45) is 2.15. The molecular formula is C18H24N2O5. The van der Waals surface area contributed by atoms with Crippen LogP contribution in [0.1, 0.15) is 42.1 Å². The molecule has 0 radical (unpaired) electrons. The third-order valence-electron chi connectivity index (χ3n) is 4.85. The summed E-state index contributed by atoms with van der Waals surface area (Å²) in [6, 6.07) is 5.02. The van der Waals surface area contributed by atoms with Gasteiger partial charge >= 0.3 is 0 Å².